The van der Waals surface area contributed by atoms with E-state index >= 15 is 0 Å². The van der Waals surface area contributed by atoms with Crippen molar-refractivity contribution in [1.82, 2.24) is 4.98 Å². The molecule has 4 heteroatoms. The molecule has 1 aliphatic rings. The lowest BCUT2D eigenvalue weighted by atomic mass is 9.95. The predicted molar refractivity (Wildman–Crippen MR) is 80.9 cm³/mol. The van der Waals surface area contributed by atoms with E-state index in [1.807, 2.05) is 12.3 Å². The van der Waals surface area contributed by atoms with Crippen molar-refractivity contribution < 1.29 is 9.47 Å². The molecule has 1 N–H and O–H groups in total. The largest absolute Gasteiger partial charge is 0.381 e. The van der Waals surface area contributed by atoms with E-state index < -0.39 is 0 Å². The second-order valence-corrected chi connectivity index (χ2v) is 5.40. The monoisotopic (exact) mass is 278 g/mol. The van der Waals surface area contributed by atoms with Crippen LogP contribution in [0.2, 0.25) is 0 Å². The Balaban J connectivity index is 1.86. The van der Waals surface area contributed by atoms with Gasteiger partial charge < -0.3 is 14.8 Å². The summed E-state index contributed by atoms with van der Waals surface area (Å²) in [6.07, 6.45) is 8.09. The number of nitrogens with one attached hydrogen (secondary N) is 1. The molecule has 4 nitrogen and oxygen atoms in total. The van der Waals surface area contributed by atoms with Crippen LogP contribution in [0.25, 0.3) is 0 Å². The van der Waals surface area contributed by atoms with Crippen LogP contribution in [0.1, 0.15) is 44.6 Å². The van der Waals surface area contributed by atoms with E-state index in [1.165, 1.54) is 6.42 Å². The fourth-order valence-corrected chi connectivity index (χ4v) is 2.63. The van der Waals surface area contributed by atoms with Crippen LogP contribution >= 0.6 is 0 Å². The van der Waals surface area contributed by atoms with Gasteiger partial charge in [-0.3, -0.25) is 0 Å². The molecule has 1 fully saturated rings. The molecule has 2 rings (SSSR count). The molecule has 0 amide bonds. The molecule has 0 bridgehead atoms. The van der Waals surface area contributed by atoms with Crippen molar-refractivity contribution in [3.63, 3.8) is 0 Å². The zero-order valence-corrected chi connectivity index (χ0v) is 12.6. The molecule has 0 saturated heterocycles. The summed E-state index contributed by atoms with van der Waals surface area (Å²) in [6, 6.07) is 4.05. The molecular weight excluding hydrogens is 252 g/mol. The quantitative estimate of drug-likeness (QED) is 0.830. The van der Waals surface area contributed by atoms with Crippen LogP contribution < -0.4 is 5.32 Å². The number of aromatic nitrogens is 1. The lowest BCUT2D eigenvalue weighted by Crippen LogP contribution is -2.27. The minimum atomic E-state index is 0.313. The van der Waals surface area contributed by atoms with Gasteiger partial charge in [0.25, 0.3) is 0 Å². The first-order valence-electron chi connectivity index (χ1n) is 7.65. The van der Waals surface area contributed by atoms with E-state index in [-0.39, 0.29) is 0 Å². The number of pyridine rings is 1. The third kappa shape index (κ3) is 4.46. The number of rotatable bonds is 7. The number of anilines is 1. The minimum absolute atomic E-state index is 0.313. The normalized spacial score (nSPS) is 22.7. The minimum Gasteiger partial charge on any atom is -0.381 e. The van der Waals surface area contributed by atoms with Gasteiger partial charge in [-0.05, 0) is 38.2 Å². The Kier molecular flexibility index (Phi) is 6.27. The molecule has 1 saturated carbocycles. The summed E-state index contributed by atoms with van der Waals surface area (Å²) in [5.74, 6) is 0.952. The summed E-state index contributed by atoms with van der Waals surface area (Å²) in [5, 5.41) is 3.35. The van der Waals surface area contributed by atoms with Gasteiger partial charge in [0.1, 0.15) is 5.82 Å². The lowest BCUT2D eigenvalue weighted by Gasteiger charge is -2.28. The van der Waals surface area contributed by atoms with Crippen molar-refractivity contribution in [2.75, 3.05) is 19.0 Å². The molecule has 20 heavy (non-hydrogen) atoms. The third-order valence-corrected chi connectivity index (χ3v) is 3.82. The van der Waals surface area contributed by atoms with Crippen molar-refractivity contribution >= 4 is 5.82 Å². The van der Waals surface area contributed by atoms with Gasteiger partial charge in [-0.25, -0.2) is 4.98 Å². The Labute approximate surface area is 121 Å². The molecule has 1 aliphatic carbocycles. The highest BCUT2D eigenvalue weighted by molar-refractivity contribution is 5.43. The van der Waals surface area contributed by atoms with Crippen LogP contribution in [0, 0.1) is 0 Å². The van der Waals surface area contributed by atoms with Gasteiger partial charge in [-0.1, -0.05) is 13.0 Å². The number of hydrogen-bond acceptors (Lipinski definition) is 4. The summed E-state index contributed by atoms with van der Waals surface area (Å²) < 4.78 is 11.5. The molecule has 1 aromatic heterocycles. The van der Waals surface area contributed by atoms with Crippen LogP contribution in [0.15, 0.2) is 18.3 Å². The SMILES string of the molecule is CCCNc1ncccc1COC1CCCC(OC)C1. The van der Waals surface area contributed by atoms with Crippen molar-refractivity contribution in [3.8, 4) is 0 Å². The van der Waals surface area contributed by atoms with Crippen molar-refractivity contribution in [1.29, 1.82) is 0 Å². The van der Waals surface area contributed by atoms with E-state index in [1.54, 1.807) is 7.11 Å². The Morgan fingerprint density at radius 2 is 2.20 bits per heavy atom. The first-order valence-corrected chi connectivity index (χ1v) is 7.65. The number of ether oxygens (including phenoxy) is 2. The van der Waals surface area contributed by atoms with Crippen LogP contribution in [-0.2, 0) is 16.1 Å². The second-order valence-electron chi connectivity index (χ2n) is 5.40. The van der Waals surface area contributed by atoms with E-state index in [2.05, 4.69) is 23.3 Å². The first-order chi connectivity index (χ1) is 9.83. The molecule has 2 atom stereocenters. The first kappa shape index (κ1) is 15.3. The maximum atomic E-state index is 6.06. The number of hydrogen-bond donors (Lipinski definition) is 1. The smallest absolute Gasteiger partial charge is 0.131 e. The highest BCUT2D eigenvalue weighted by Gasteiger charge is 2.22. The fraction of sp³-hybridized carbons (Fsp3) is 0.688. The molecule has 1 aromatic rings. The summed E-state index contributed by atoms with van der Waals surface area (Å²) in [4.78, 5) is 4.40. The van der Waals surface area contributed by atoms with Crippen LogP contribution in [0.3, 0.4) is 0 Å². The van der Waals surface area contributed by atoms with Gasteiger partial charge in [-0.2, -0.15) is 0 Å². The molecule has 0 aromatic carbocycles. The maximum absolute atomic E-state index is 6.06. The standard InChI is InChI=1S/C16H26N2O2/c1-3-9-17-16-13(6-5-10-18-16)12-20-15-8-4-7-14(11-15)19-2/h5-6,10,14-15H,3-4,7-9,11-12H2,1-2H3,(H,17,18). The van der Waals surface area contributed by atoms with Gasteiger partial charge in [0.15, 0.2) is 0 Å². The number of methoxy groups -OCH3 is 1. The Morgan fingerprint density at radius 3 is 3.00 bits per heavy atom. The van der Waals surface area contributed by atoms with E-state index in [0.29, 0.717) is 18.8 Å². The molecule has 0 aliphatic heterocycles. The summed E-state index contributed by atoms with van der Waals surface area (Å²) >= 11 is 0. The predicted octanol–water partition coefficient (Wildman–Crippen LogP) is 3.38. The molecule has 2 unspecified atom stereocenters. The van der Waals surface area contributed by atoms with Gasteiger partial charge in [-0.15, -0.1) is 0 Å². The maximum Gasteiger partial charge on any atom is 0.131 e. The van der Waals surface area contributed by atoms with Crippen molar-refractivity contribution in [3.05, 3.63) is 23.9 Å². The molecule has 0 radical (unpaired) electrons. The molecule has 0 spiro atoms. The lowest BCUT2D eigenvalue weighted by molar-refractivity contribution is -0.0362. The fourth-order valence-electron chi connectivity index (χ4n) is 2.63. The van der Waals surface area contributed by atoms with Crippen molar-refractivity contribution in [2.24, 2.45) is 0 Å². The summed E-state index contributed by atoms with van der Waals surface area (Å²) in [7, 11) is 1.79. The van der Waals surface area contributed by atoms with Gasteiger partial charge in [0.05, 0.1) is 18.8 Å². The van der Waals surface area contributed by atoms with Crippen LogP contribution in [0.4, 0.5) is 5.82 Å². The highest BCUT2D eigenvalue weighted by atomic mass is 16.5. The molecular formula is C16H26N2O2. The molecule has 112 valence electrons. The van der Waals surface area contributed by atoms with Gasteiger partial charge in [0, 0.05) is 25.4 Å². The Hall–Kier alpha value is -1.13. The zero-order chi connectivity index (χ0) is 14.2. The van der Waals surface area contributed by atoms with E-state index in [9.17, 15) is 0 Å². The van der Waals surface area contributed by atoms with Gasteiger partial charge >= 0.3 is 0 Å². The van der Waals surface area contributed by atoms with Crippen LogP contribution in [-0.4, -0.2) is 30.8 Å². The topological polar surface area (TPSA) is 43.4 Å². The van der Waals surface area contributed by atoms with E-state index in [4.69, 9.17) is 9.47 Å². The summed E-state index contributed by atoms with van der Waals surface area (Å²) in [5.41, 5.74) is 1.14. The zero-order valence-electron chi connectivity index (χ0n) is 12.6. The number of nitrogens with zero attached hydrogens (tertiary/aromatic N) is 1. The average Bonchev–Trinajstić information content (AvgIpc) is 2.52. The third-order valence-electron chi connectivity index (χ3n) is 3.82. The average molecular weight is 278 g/mol. The second kappa shape index (κ2) is 8.22. The van der Waals surface area contributed by atoms with Crippen molar-refractivity contribution in [2.45, 2.75) is 57.8 Å². The Morgan fingerprint density at radius 1 is 1.35 bits per heavy atom. The Bertz CT molecular complexity index is 398. The summed E-state index contributed by atoms with van der Waals surface area (Å²) in [6.45, 7) is 3.72. The van der Waals surface area contributed by atoms with E-state index in [0.717, 1.165) is 43.6 Å². The highest BCUT2D eigenvalue weighted by Crippen LogP contribution is 2.24. The van der Waals surface area contributed by atoms with Gasteiger partial charge in [0.2, 0.25) is 0 Å². The molecule has 1 heterocycles. The van der Waals surface area contributed by atoms with Crippen LogP contribution in [0.5, 0.6) is 0 Å².